The monoisotopic (exact) mass is 420 g/mol. The zero-order valence-electron chi connectivity index (χ0n) is 12.8. The zero-order valence-corrected chi connectivity index (χ0v) is 15.1. The van der Waals surface area contributed by atoms with E-state index in [4.69, 9.17) is 11.6 Å². The van der Waals surface area contributed by atoms with Crippen LogP contribution in [0.2, 0.25) is 5.02 Å². The number of halogens is 2. The van der Waals surface area contributed by atoms with Crippen LogP contribution in [0.15, 0.2) is 16.6 Å². The maximum Gasteiger partial charge on any atom is 0.397 e. The van der Waals surface area contributed by atoms with Gasteiger partial charge in [0.25, 0.3) is 0 Å². The molecule has 130 valence electrons. The highest BCUT2D eigenvalue weighted by atomic mass is 79.9. The van der Waals surface area contributed by atoms with E-state index in [0.717, 1.165) is 0 Å². The average molecular weight is 422 g/mol. The smallest absolute Gasteiger partial charge is 0.397 e. The van der Waals surface area contributed by atoms with Crippen molar-refractivity contribution in [2.45, 2.75) is 13.8 Å². The summed E-state index contributed by atoms with van der Waals surface area (Å²) in [6.07, 6.45) is 0. The first-order valence-electron chi connectivity index (χ1n) is 6.75. The van der Waals surface area contributed by atoms with Crippen LogP contribution < -0.4 is 10.6 Å². The van der Waals surface area contributed by atoms with Gasteiger partial charge in [0.15, 0.2) is 0 Å². The molecule has 8 nitrogen and oxygen atoms in total. The predicted octanol–water partition coefficient (Wildman–Crippen LogP) is 2.11. The Morgan fingerprint density at radius 1 is 0.958 bits per heavy atom. The summed E-state index contributed by atoms with van der Waals surface area (Å²) in [6.45, 7) is 3.19. The van der Waals surface area contributed by atoms with Crippen LogP contribution in [0.25, 0.3) is 0 Å². The quantitative estimate of drug-likeness (QED) is 0.569. The minimum atomic E-state index is -1.08. The summed E-state index contributed by atoms with van der Waals surface area (Å²) in [4.78, 5) is 46.0. The Morgan fingerprint density at radius 2 is 1.33 bits per heavy atom. The van der Waals surface area contributed by atoms with E-state index < -0.39 is 23.8 Å². The summed E-state index contributed by atoms with van der Waals surface area (Å²) in [5.74, 6) is -4.21. The number of amides is 2. The molecule has 0 aliphatic heterocycles. The molecule has 0 aromatic heterocycles. The Morgan fingerprint density at radius 3 is 1.67 bits per heavy atom. The highest BCUT2D eigenvalue weighted by Crippen LogP contribution is 2.34. The number of benzene rings is 1. The lowest BCUT2D eigenvalue weighted by Gasteiger charge is -2.12. The number of hydrogen-bond acceptors (Lipinski definition) is 6. The number of ether oxygens (including phenoxy) is 2. The minimum Gasteiger partial charge on any atom is -0.459 e. The van der Waals surface area contributed by atoms with Crippen LogP contribution in [-0.4, -0.2) is 37.0 Å². The van der Waals surface area contributed by atoms with Crippen molar-refractivity contribution in [1.82, 2.24) is 0 Å². The fraction of sp³-hybridized carbons (Fsp3) is 0.286. The Hall–Kier alpha value is -2.13. The lowest BCUT2D eigenvalue weighted by atomic mass is 10.2. The second-order valence-electron chi connectivity index (χ2n) is 4.16. The molecule has 0 aliphatic rings. The summed E-state index contributed by atoms with van der Waals surface area (Å²) in [5, 5.41) is 4.45. The molecule has 0 saturated heterocycles. The molecular weight excluding hydrogens is 408 g/mol. The molecule has 1 aromatic rings. The van der Waals surface area contributed by atoms with Gasteiger partial charge < -0.3 is 20.1 Å². The topological polar surface area (TPSA) is 111 Å². The predicted molar refractivity (Wildman–Crippen MR) is 89.7 cm³/mol. The molecule has 0 aliphatic carbocycles. The largest absolute Gasteiger partial charge is 0.459 e. The van der Waals surface area contributed by atoms with Gasteiger partial charge in [0.2, 0.25) is 0 Å². The van der Waals surface area contributed by atoms with Crippen LogP contribution in [-0.2, 0) is 28.7 Å². The Balaban J connectivity index is 2.99. The third-order valence-electron chi connectivity index (χ3n) is 2.46. The van der Waals surface area contributed by atoms with Crippen molar-refractivity contribution >= 4 is 62.7 Å². The van der Waals surface area contributed by atoms with Crippen molar-refractivity contribution in [3.05, 3.63) is 21.6 Å². The van der Waals surface area contributed by atoms with Crippen LogP contribution >= 0.6 is 27.5 Å². The molecule has 0 fully saturated rings. The van der Waals surface area contributed by atoms with Gasteiger partial charge in [0.05, 0.1) is 29.6 Å². The molecule has 1 rings (SSSR count). The van der Waals surface area contributed by atoms with Crippen molar-refractivity contribution < 1.29 is 28.7 Å². The lowest BCUT2D eigenvalue weighted by Crippen LogP contribution is -2.26. The number of hydrogen-bond donors (Lipinski definition) is 2. The summed E-state index contributed by atoms with van der Waals surface area (Å²) < 4.78 is 9.56. The van der Waals surface area contributed by atoms with Crippen LogP contribution in [0.5, 0.6) is 0 Å². The van der Waals surface area contributed by atoms with Gasteiger partial charge in [-0.05, 0) is 26.0 Å². The molecule has 1 aromatic carbocycles. The third kappa shape index (κ3) is 5.50. The van der Waals surface area contributed by atoms with Crippen molar-refractivity contribution in [1.29, 1.82) is 0 Å². The highest BCUT2D eigenvalue weighted by Gasteiger charge is 2.21. The van der Waals surface area contributed by atoms with E-state index in [1.54, 1.807) is 13.8 Å². The van der Waals surface area contributed by atoms with Gasteiger partial charge in [0, 0.05) is 4.47 Å². The van der Waals surface area contributed by atoms with Crippen LogP contribution in [0.3, 0.4) is 0 Å². The van der Waals surface area contributed by atoms with E-state index in [9.17, 15) is 19.2 Å². The zero-order chi connectivity index (χ0) is 18.3. The van der Waals surface area contributed by atoms with Gasteiger partial charge in [-0.2, -0.15) is 0 Å². The van der Waals surface area contributed by atoms with Gasteiger partial charge in [-0.1, -0.05) is 27.5 Å². The maximum atomic E-state index is 11.7. The molecule has 0 heterocycles. The molecule has 0 unspecified atom stereocenters. The summed E-state index contributed by atoms with van der Waals surface area (Å²) in [7, 11) is 0. The van der Waals surface area contributed by atoms with E-state index in [-0.39, 0.29) is 29.6 Å². The second-order valence-corrected chi connectivity index (χ2v) is 5.46. The van der Waals surface area contributed by atoms with E-state index in [1.807, 2.05) is 0 Å². The first-order valence-corrected chi connectivity index (χ1v) is 7.92. The lowest BCUT2D eigenvalue weighted by molar-refractivity contribution is -0.152. The van der Waals surface area contributed by atoms with Gasteiger partial charge >= 0.3 is 23.8 Å². The normalized spacial score (nSPS) is 9.83. The number of nitrogens with one attached hydrogen (secondary N) is 2. The average Bonchev–Trinajstić information content (AvgIpc) is 2.52. The molecule has 0 bridgehead atoms. The van der Waals surface area contributed by atoms with E-state index in [1.165, 1.54) is 12.1 Å². The van der Waals surface area contributed by atoms with Gasteiger partial charge in [-0.25, -0.2) is 9.59 Å². The Kier molecular flexibility index (Phi) is 7.66. The Bertz CT molecular complexity index is 626. The summed E-state index contributed by atoms with van der Waals surface area (Å²) >= 11 is 9.25. The number of anilines is 2. The van der Waals surface area contributed by atoms with Crippen LogP contribution in [0, 0.1) is 0 Å². The van der Waals surface area contributed by atoms with Crippen LogP contribution in [0.1, 0.15) is 13.8 Å². The SMILES string of the molecule is CCOC(=O)C(=O)Nc1cc(Br)cc(NC(=O)C(=O)OCC)c1Cl. The molecule has 10 heteroatoms. The molecule has 2 amide bonds. The van der Waals surface area contributed by atoms with Crippen molar-refractivity contribution in [3.63, 3.8) is 0 Å². The Labute approximate surface area is 150 Å². The van der Waals surface area contributed by atoms with Gasteiger partial charge in [-0.15, -0.1) is 0 Å². The van der Waals surface area contributed by atoms with E-state index >= 15 is 0 Å². The number of esters is 2. The molecule has 0 spiro atoms. The minimum absolute atomic E-state index is 0.0410. The fourth-order valence-electron chi connectivity index (χ4n) is 1.51. The highest BCUT2D eigenvalue weighted by molar-refractivity contribution is 9.10. The molecular formula is C14H14BrClN2O6. The molecule has 2 N–H and O–H groups in total. The van der Waals surface area contributed by atoms with Crippen molar-refractivity contribution in [2.75, 3.05) is 23.8 Å². The van der Waals surface area contributed by atoms with Gasteiger partial charge in [-0.3, -0.25) is 9.59 Å². The number of carbonyl (C=O) groups excluding carboxylic acids is 4. The fourth-order valence-corrected chi connectivity index (χ4v) is 2.17. The third-order valence-corrected chi connectivity index (χ3v) is 3.32. The van der Waals surface area contributed by atoms with Gasteiger partial charge in [0.1, 0.15) is 0 Å². The standard InChI is InChI=1S/C14H14BrClN2O6/c1-3-23-13(21)11(19)17-8-5-7(15)6-9(10(8)16)18-12(20)14(22)24-4-2/h5-6H,3-4H2,1-2H3,(H,17,19)(H,18,20). The first-order chi connectivity index (χ1) is 11.3. The summed E-state index contributed by atoms with van der Waals surface area (Å²) in [6, 6.07) is 2.83. The number of rotatable bonds is 4. The molecule has 24 heavy (non-hydrogen) atoms. The first kappa shape index (κ1) is 19.9. The van der Waals surface area contributed by atoms with E-state index in [2.05, 4.69) is 36.0 Å². The van der Waals surface area contributed by atoms with Crippen molar-refractivity contribution in [2.24, 2.45) is 0 Å². The van der Waals surface area contributed by atoms with Crippen molar-refractivity contribution in [3.8, 4) is 0 Å². The van der Waals surface area contributed by atoms with Crippen LogP contribution in [0.4, 0.5) is 11.4 Å². The molecule has 0 saturated carbocycles. The molecule has 0 atom stereocenters. The number of carbonyl (C=O) groups is 4. The summed E-state index contributed by atoms with van der Waals surface area (Å²) in [5.41, 5.74) is 0.0894. The van der Waals surface area contributed by atoms with E-state index in [0.29, 0.717) is 4.47 Å². The maximum absolute atomic E-state index is 11.7. The molecule has 0 radical (unpaired) electrons. The second kappa shape index (κ2) is 9.24.